The summed E-state index contributed by atoms with van der Waals surface area (Å²) in [5, 5.41) is 10.1. The fraction of sp³-hybridized carbons (Fsp3) is 0.111. The minimum atomic E-state index is -3.40. The summed E-state index contributed by atoms with van der Waals surface area (Å²) < 4.78 is 29.1. The van der Waals surface area contributed by atoms with E-state index in [0.717, 1.165) is 0 Å². The van der Waals surface area contributed by atoms with Crippen LogP contribution in [0.5, 0.6) is 0 Å². The summed E-state index contributed by atoms with van der Waals surface area (Å²) in [7, 11) is -3.40. The highest BCUT2D eigenvalue weighted by Crippen LogP contribution is 2.19. The first-order valence-corrected chi connectivity index (χ1v) is 9.19. The fourth-order valence-electron chi connectivity index (χ4n) is 2.27. The molecule has 0 amide bonds. The van der Waals surface area contributed by atoms with Gasteiger partial charge in [0.15, 0.2) is 21.1 Å². The van der Waals surface area contributed by atoms with Crippen LogP contribution < -0.4 is 5.63 Å². The van der Waals surface area contributed by atoms with Gasteiger partial charge in [-0.1, -0.05) is 37.3 Å². The van der Waals surface area contributed by atoms with Gasteiger partial charge in [-0.05, 0) is 18.2 Å². The number of hydrogen-bond acceptors (Lipinski definition) is 6. The van der Waals surface area contributed by atoms with Crippen molar-refractivity contribution in [2.24, 2.45) is 0 Å². The minimum absolute atomic E-state index is 0.0448. The summed E-state index contributed by atoms with van der Waals surface area (Å²) in [4.78, 5) is 16.3. The predicted molar refractivity (Wildman–Crippen MR) is 94.9 cm³/mol. The Morgan fingerprint density at radius 1 is 1.20 bits per heavy atom. The number of aromatic nitrogens is 1. The Bertz CT molecular complexity index is 1120. The van der Waals surface area contributed by atoms with Crippen LogP contribution >= 0.6 is 0 Å². The van der Waals surface area contributed by atoms with Gasteiger partial charge in [-0.3, -0.25) is 0 Å². The van der Waals surface area contributed by atoms with E-state index in [1.807, 2.05) is 0 Å². The van der Waals surface area contributed by atoms with Crippen LogP contribution in [0.25, 0.3) is 22.9 Å². The molecule has 7 heteroatoms. The molecule has 1 N–H and O–H groups in total. The van der Waals surface area contributed by atoms with Gasteiger partial charge < -0.3 is 9.52 Å². The van der Waals surface area contributed by atoms with Crippen molar-refractivity contribution in [2.75, 3.05) is 5.75 Å². The molecule has 2 aromatic carbocycles. The molecule has 0 unspecified atom stereocenters. The molecule has 0 radical (unpaired) electrons. The van der Waals surface area contributed by atoms with Crippen LogP contribution in [0.2, 0.25) is 0 Å². The van der Waals surface area contributed by atoms with Gasteiger partial charge in [0.05, 0.1) is 10.6 Å². The molecule has 0 aliphatic rings. The van der Waals surface area contributed by atoms with E-state index >= 15 is 0 Å². The van der Waals surface area contributed by atoms with Gasteiger partial charge in [0.25, 0.3) is 0 Å². The molecule has 0 aliphatic heterocycles. The van der Waals surface area contributed by atoms with E-state index in [1.165, 1.54) is 24.3 Å². The molecule has 25 heavy (non-hydrogen) atoms. The molecule has 1 aromatic heterocycles. The molecule has 6 nitrogen and oxygen atoms in total. The smallest absolute Gasteiger partial charge is 0.362 e. The average molecular weight is 357 g/mol. The molecule has 0 fully saturated rings. The van der Waals surface area contributed by atoms with Crippen molar-refractivity contribution in [3.05, 3.63) is 70.2 Å². The highest BCUT2D eigenvalue weighted by Gasteiger charge is 2.14. The number of aliphatic hydroxyl groups is 1. The Morgan fingerprint density at radius 3 is 2.60 bits per heavy atom. The van der Waals surface area contributed by atoms with Crippen molar-refractivity contribution in [1.29, 1.82) is 0 Å². The maximum Gasteiger partial charge on any atom is 0.362 e. The monoisotopic (exact) mass is 357 g/mol. The van der Waals surface area contributed by atoms with Crippen LogP contribution in [0.15, 0.2) is 62.6 Å². The highest BCUT2D eigenvalue weighted by atomic mass is 32.2. The SMILES string of the molecule is CCS(=O)(=O)c1ccc2oc(=O)c(C=C(O)c3ccccc3)nc2c1. The second-order valence-electron chi connectivity index (χ2n) is 5.32. The largest absolute Gasteiger partial charge is 0.507 e. The Balaban J connectivity index is 2.13. The number of nitrogens with zero attached hydrogens (tertiary/aromatic N) is 1. The lowest BCUT2D eigenvalue weighted by molar-refractivity contribution is 0.514. The zero-order valence-corrected chi connectivity index (χ0v) is 14.2. The molecule has 0 saturated heterocycles. The molecule has 0 atom stereocenters. The summed E-state index contributed by atoms with van der Waals surface area (Å²) in [5.74, 6) is -0.186. The van der Waals surface area contributed by atoms with E-state index in [0.29, 0.717) is 5.56 Å². The summed E-state index contributed by atoms with van der Waals surface area (Å²) >= 11 is 0. The average Bonchev–Trinajstić information content (AvgIpc) is 2.62. The number of aliphatic hydroxyl groups excluding tert-OH is 1. The van der Waals surface area contributed by atoms with Gasteiger partial charge in [-0.15, -0.1) is 0 Å². The standard InChI is InChI=1S/C18H15NO5S/c1-2-25(22,23)13-8-9-17-14(10-13)19-15(18(21)24-17)11-16(20)12-6-4-3-5-7-12/h3-11,20H,2H2,1H3. The summed E-state index contributed by atoms with van der Waals surface area (Å²) in [6, 6.07) is 12.8. The van der Waals surface area contributed by atoms with Crippen LogP contribution in [0.1, 0.15) is 18.2 Å². The number of rotatable bonds is 4. The minimum Gasteiger partial charge on any atom is -0.507 e. The topological polar surface area (TPSA) is 97.5 Å². The normalized spacial score (nSPS) is 12.4. The Morgan fingerprint density at radius 2 is 1.92 bits per heavy atom. The predicted octanol–water partition coefficient (Wildman–Crippen LogP) is 3.04. The lowest BCUT2D eigenvalue weighted by Crippen LogP contribution is -2.08. The van der Waals surface area contributed by atoms with Crippen molar-refractivity contribution in [2.45, 2.75) is 11.8 Å². The third-order valence-corrected chi connectivity index (χ3v) is 5.40. The van der Waals surface area contributed by atoms with E-state index in [4.69, 9.17) is 4.42 Å². The van der Waals surface area contributed by atoms with Gasteiger partial charge in [0.1, 0.15) is 11.3 Å². The Labute approximate surface area is 144 Å². The zero-order chi connectivity index (χ0) is 18.0. The molecule has 3 aromatic rings. The maximum absolute atomic E-state index is 12.0. The molecular weight excluding hydrogens is 342 g/mol. The van der Waals surface area contributed by atoms with Crippen molar-refractivity contribution in [1.82, 2.24) is 4.98 Å². The molecule has 3 rings (SSSR count). The van der Waals surface area contributed by atoms with Gasteiger partial charge in [0, 0.05) is 11.6 Å². The van der Waals surface area contributed by atoms with Gasteiger partial charge in [-0.2, -0.15) is 0 Å². The van der Waals surface area contributed by atoms with Crippen molar-refractivity contribution < 1.29 is 17.9 Å². The number of benzene rings is 2. The second kappa shape index (κ2) is 6.52. The summed E-state index contributed by atoms with van der Waals surface area (Å²) in [6.45, 7) is 1.55. The van der Waals surface area contributed by atoms with Crippen LogP contribution in [0.4, 0.5) is 0 Å². The van der Waals surface area contributed by atoms with E-state index in [-0.39, 0.29) is 33.2 Å². The lowest BCUT2D eigenvalue weighted by Gasteiger charge is -2.04. The lowest BCUT2D eigenvalue weighted by atomic mass is 10.1. The zero-order valence-electron chi connectivity index (χ0n) is 13.3. The molecule has 128 valence electrons. The highest BCUT2D eigenvalue weighted by molar-refractivity contribution is 7.91. The van der Waals surface area contributed by atoms with Crippen LogP contribution in [0, 0.1) is 0 Å². The van der Waals surface area contributed by atoms with E-state index in [2.05, 4.69) is 4.98 Å². The van der Waals surface area contributed by atoms with E-state index < -0.39 is 15.5 Å². The van der Waals surface area contributed by atoms with Gasteiger partial charge in [0.2, 0.25) is 0 Å². The fourth-order valence-corrected chi connectivity index (χ4v) is 3.17. The van der Waals surface area contributed by atoms with Crippen LogP contribution in [0.3, 0.4) is 0 Å². The van der Waals surface area contributed by atoms with Gasteiger partial charge >= 0.3 is 5.63 Å². The summed E-state index contributed by atoms with van der Waals surface area (Å²) in [6.07, 6.45) is 1.20. The van der Waals surface area contributed by atoms with Crippen molar-refractivity contribution in [3.8, 4) is 0 Å². The third kappa shape index (κ3) is 3.46. The van der Waals surface area contributed by atoms with Crippen molar-refractivity contribution >= 4 is 32.8 Å². The number of sulfone groups is 1. The first-order valence-electron chi connectivity index (χ1n) is 7.54. The number of hydrogen-bond donors (Lipinski definition) is 1. The third-order valence-electron chi connectivity index (χ3n) is 3.67. The molecule has 0 aliphatic carbocycles. The first-order chi connectivity index (χ1) is 11.9. The molecule has 0 saturated carbocycles. The first kappa shape index (κ1) is 16.9. The van der Waals surface area contributed by atoms with E-state index in [9.17, 15) is 18.3 Å². The van der Waals surface area contributed by atoms with Crippen LogP contribution in [-0.4, -0.2) is 24.3 Å². The Kier molecular flexibility index (Phi) is 4.41. The quantitative estimate of drug-likeness (QED) is 0.721. The van der Waals surface area contributed by atoms with Crippen LogP contribution in [-0.2, 0) is 9.84 Å². The second-order valence-corrected chi connectivity index (χ2v) is 7.59. The number of fused-ring (bicyclic) bond motifs is 1. The maximum atomic E-state index is 12.0. The van der Waals surface area contributed by atoms with E-state index in [1.54, 1.807) is 37.3 Å². The van der Waals surface area contributed by atoms with Gasteiger partial charge in [-0.25, -0.2) is 18.2 Å². The Hall–Kier alpha value is -2.93. The molecule has 0 spiro atoms. The molecule has 1 heterocycles. The molecule has 0 bridgehead atoms. The summed E-state index contributed by atoms with van der Waals surface area (Å²) in [5.41, 5.74) is 0.0877. The molecular formula is C18H15NO5S. The van der Waals surface area contributed by atoms with Crippen molar-refractivity contribution in [3.63, 3.8) is 0 Å².